The maximum absolute atomic E-state index is 12.8. The number of rotatable bonds is 7. The second kappa shape index (κ2) is 10.3. The van der Waals surface area contributed by atoms with Crippen molar-refractivity contribution in [2.45, 2.75) is 39.3 Å². The quantitative estimate of drug-likeness (QED) is 0.485. The van der Waals surface area contributed by atoms with Crippen LogP contribution in [0.4, 0.5) is 5.69 Å². The molecule has 0 aliphatic carbocycles. The lowest BCUT2D eigenvalue weighted by Crippen LogP contribution is -2.40. The number of carbonyl (C=O) groups is 1. The summed E-state index contributed by atoms with van der Waals surface area (Å²) in [6.07, 6.45) is 1.93. The van der Waals surface area contributed by atoms with Crippen LogP contribution in [-0.2, 0) is 11.3 Å². The third kappa shape index (κ3) is 5.95. The van der Waals surface area contributed by atoms with Gasteiger partial charge in [-0.3, -0.25) is 9.69 Å². The van der Waals surface area contributed by atoms with Gasteiger partial charge in [0.1, 0.15) is 5.75 Å². The fourth-order valence-corrected chi connectivity index (χ4v) is 4.20. The van der Waals surface area contributed by atoms with Gasteiger partial charge >= 0.3 is 0 Å². The number of ether oxygens (including phenoxy) is 1. The molecule has 7 nitrogen and oxygen atoms in total. The van der Waals surface area contributed by atoms with E-state index in [2.05, 4.69) is 36.3 Å². The van der Waals surface area contributed by atoms with E-state index < -0.39 is 0 Å². The maximum atomic E-state index is 12.8. The lowest BCUT2D eigenvalue weighted by molar-refractivity contribution is -0.121. The van der Waals surface area contributed by atoms with Crippen molar-refractivity contribution in [3.05, 3.63) is 58.9 Å². The summed E-state index contributed by atoms with van der Waals surface area (Å²) < 4.78 is 12.1. The van der Waals surface area contributed by atoms with E-state index in [1.165, 1.54) is 0 Å². The number of amides is 1. The van der Waals surface area contributed by atoms with Crippen LogP contribution in [0.1, 0.15) is 32.6 Å². The molecule has 1 fully saturated rings. The molecule has 1 amide bonds. The summed E-state index contributed by atoms with van der Waals surface area (Å²) in [6.45, 7) is 6.07. The maximum Gasteiger partial charge on any atom is 0.241 e. The van der Waals surface area contributed by atoms with Gasteiger partial charge in [0.15, 0.2) is 0 Å². The molecular formula is C24H27BrN4O3. The number of benzene rings is 2. The fraction of sp³-hybridized carbons (Fsp3) is 0.375. The summed E-state index contributed by atoms with van der Waals surface area (Å²) in [5.74, 6) is 1.87. The fourth-order valence-electron chi connectivity index (χ4n) is 3.80. The first-order valence-corrected chi connectivity index (χ1v) is 11.6. The molecule has 32 heavy (non-hydrogen) atoms. The Morgan fingerprint density at radius 3 is 2.84 bits per heavy atom. The Kier molecular flexibility index (Phi) is 7.22. The Bertz CT molecular complexity index is 1050. The molecule has 4 rings (SSSR count). The van der Waals surface area contributed by atoms with Crippen LogP contribution in [0.2, 0.25) is 0 Å². The topological polar surface area (TPSA) is 80.5 Å². The summed E-state index contributed by atoms with van der Waals surface area (Å²) in [5, 5.41) is 7.14. The van der Waals surface area contributed by atoms with Crippen LogP contribution in [0, 0.1) is 5.92 Å². The van der Waals surface area contributed by atoms with Crippen molar-refractivity contribution in [3.63, 3.8) is 0 Å². The molecule has 0 spiro atoms. The first-order chi connectivity index (χ1) is 15.5. The zero-order valence-electron chi connectivity index (χ0n) is 18.3. The lowest BCUT2D eigenvalue weighted by Gasteiger charge is -2.30. The third-order valence-corrected chi connectivity index (χ3v) is 5.77. The van der Waals surface area contributed by atoms with Crippen LogP contribution in [0.3, 0.4) is 0 Å². The Morgan fingerprint density at radius 1 is 1.28 bits per heavy atom. The molecule has 0 radical (unpaired) electrons. The molecule has 1 saturated heterocycles. The van der Waals surface area contributed by atoms with Gasteiger partial charge in [0.25, 0.3) is 0 Å². The Balaban J connectivity index is 1.33. The van der Waals surface area contributed by atoms with Gasteiger partial charge in [0, 0.05) is 22.3 Å². The molecular weight excluding hydrogens is 472 g/mol. The molecule has 1 aliphatic heterocycles. The van der Waals surface area contributed by atoms with Crippen LogP contribution in [0.15, 0.2) is 57.5 Å². The highest BCUT2D eigenvalue weighted by Crippen LogP contribution is 2.24. The molecule has 2 aromatic carbocycles. The van der Waals surface area contributed by atoms with Gasteiger partial charge in [-0.05, 0) is 69.6 Å². The molecule has 1 atom stereocenters. The highest BCUT2D eigenvalue weighted by Gasteiger charge is 2.27. The zero-order chi connectivity index (χ0) is 22.5. The molecule has 0 saturated carbocycles. The molecule has 1 N–H and O–H groups in total. The summed E-state index contributed by atoms with van der Waals surface area (Å²) in [5.41, 5.74) is 1.67. The van der Waals surface area contributed by atoms with Gasteiger partial charge in [-0.1, -0.05) is 33.2 Å². The number of aromatic nitrogens is 2. The van der Waals surface area contributed by atoms with Crippen LogP contribution < -0.4 is 10.1 Å². The number of hydrogen-bond acceptors (Lipinski definition) is 6. The molecule has 0 bridgehead atoms. The van der Waals surface area contributed by atoms with Gasteiger partial charge in [-0.15, -0.1) is 0 Å². The van der Waals surface area contributed by atoms with Crippen LogP contribution in [-0.4, -0.2) is 40.1 Å². The largest absolute Gasteiger partial charge is 0.491 e. The average Bonchev–Trinajstić information content (AvgIpc) is 3.23. The molecule has 1 aliphatic rings. The van der Waals surface area contributed by atoms with E-state index in [4.69, 9.17) is 9.26 Å². The Morgan fingerprint density at radius 2 is 2.09 bits per heavy atom. The molecule has 8 heteroatoms. The van der Waals surface area contributed by atoms with E-state index in [0.29, 0.717) is 24.8 Å². The molecule has 1 aromatic heterocycles. The number of likely N-dealkylation sites (tertiary alicyclic amines) is 1. The number of carbonyl (C=O) groups excluding carboxylic acids is 1. The van der Waals surface area contributed by atoms with E-state index >= 15 is 0 Å². The van der Waals surface area contributed by atoms with Crippen molar-refractivity contribution in [2.75, 3.05) is 18.4 Å². The summed E-state index contributed by atoms with van der Waals surface area (Å²) in [6, 6.07) is 15.3. The first-order valence-electron chi connectivity index (χ1n) is 10.8. The minimum absolute atomic E-state index is 0.0348. The second-order valence-electron chi connectivity index (χ2n) is 8.28. The summed E-state index contributed by atoms with van der Waals surface area (Å²) in [7, 11) is 0. The smallest absolute Gasteiger partial charge is 0.241 e. The van der Waals surface area contributed by atoms with Gasteiger partial charge in [0.05, 0.1) is 18.6 Å². The number of anilines is 1. The van der Waals surface area contributed by atoms with Crippen molar-refractivity contribution >= 4 is 27.5 Å². The minimum atomic E-state index is -0.0807. The predicted octanol–water partition coefficient (Wildman–Crippen LogP) is 5.14. The van der Waals surface area contributed by atoms with E-state index in [9.17, 15) is 4.79 Å². The SMILES string of the molecule is CC(C)Oc1ccc(NC(=O)C2CCCN(Cc3nc(-c4cccc(Br)c4)no3)C2)cc1. The van der Waals surface area contributed by atoms with Gasteiger partial charge in [0.2, 0.25) is 17.6 Å². The van der Waals surface area contributed by atoms with E-state index in [1.54, 1.807) is 0 Å². The number of nitrogens with one attached hydrogen (secondary N) is 1. The van der Waals surface area contributed by atoms with Gasteiger partial charge in [-0.2, -0.15) is 4.98 Å². The molecule has 2 heterocycles. The molecule has 3 aromatic rings. The van der Waals surface area contributed by atoms with Crippen LogP contribution >= 0.6 is 15.9 Å². The molecule has 1 unspecified atom stereocenters. The van der Waals surface area contributed by atoms with Crippen molar-refractivity contribution in [2.24, 2.45) is 5.92 Å². The Labute approximate surface area is 196 Å². The van der Waals surface area contributed by atoms with Crippen molar-refractivity contribution < 1.29 is 14.1 Å². The molecule has 168 valence electrons. The minimum Gasteiger partial charge on any atom is -0.491 e. The van der Waals surface area contributed by atoms with Crippen molar-refractivity contribution in [3.8, 4) is 17.1 Å². The zero-order valence-corrected chi connectivity index (χ0v) is 19.8. The number of hydrogen-bond donors (Lipinski definition) is 1. The monoisotopic (exact) mass is 498 g/mol. The lowest BCUT2D eigenvalue weighted by atomic mass is 9.97. The third-order valence-electron chi connectivity index (χ3n) is 5.28. The van der Waals surface area contributed by atoms with Crippen molar-refractivity contribution in [1.29, 1.82) is 0 Å². The van der Waals surface area contributed by atoms with E-state index in [1.807, 2.05) is 62.4 Å². The van der Waals surface area contributed by atoms with Crippen LogP contribution in [0.25, 0.3) is 11.4 Å². The van der Waals surface area contributed by atoms with E-state index in [0.717, 1.165) is 40.9 Å². The number of nitrogens with zero attached hydrogens (tertiary/aromatic N) is 3. The van der Waals surface area contributed by atoms with Crippen LogP contribution in [0.5, 0.6) is 5.75 Å². The predicted molar refractivity (Wildman–Crippen MR) is 126 cm³/mol. The van der Waals surface area contributed by atoms with E-state index in [-0.39, 0.29) is 17.9 Å². The Hall–Kier alpha value is -2.71. The first kappa shape index (κ1) is 22.5. The normalized spacial score (nSPS) is 16.8. The summed E-state index contributed by atoms with van der Waals surface area (Å²) in [4.78, 5) is 19.6. The highest BCUT2D eigenvalue weighted by molar-refractivity contribution is 9.10. The highest BCUT2D eigenvalue weighted by atomic mass is 79.9. The second-order valence-corrected chi connectivity index (χ2v) is 9.19. The standard InChI is InChI=1S/C24H27BrN4O3/c1-16(2)31-21-10-8-20(9-11-21)26-24(30)18-6-4-12-29(14-18)15-22-27-23(28-32-22)17-5-3-7-19(25)13-17/h3,5,7-11,13,16,18H,4,6,12,14-15H2,1-2H3,(H,26,30). The van der Waals surface area contributed by atoms with Gasteiger partial charge < -0.3 is 14.6 Å². The summed E-state index contributed by atoms with van der Waals surface area (Å²) >= 11 is 3.46. The van der Waals surface area contributed by atoms with Crippen molar-refractivity contribution in [1.82, 2.24) is 15.0 Å². The van der Waals surface area contributed by atoms with Gasteiger partial charge in [-0.25, -0.2) is 0 Å². The average molecular weight is 499 g/mol. The number of piperidine rings is 1. The number of halogens is 1.